The van der Waals surface area contributed by atoms with Gasteiger partial charge in [0.25, 0.3) is 5.91 Å². The summed E-state index contributed by atoms with van der Waals surface area (Å²) in [5, 5.41) is 3.76. The zero-order valence-electron chi connectivity index (χ0n) is 15.0. The highest BCUT2D eigenvalue weighted by molar-refractivity contribution is 6.30. The van der Waals surface area contributed by atoms with Gasteiger partial charge < -0.3 is 19.7 Å². The fraction of sp³-hybridized carbons (Fsp3) is 0.350. The number of ether oxygens (including phenoxy) is 2. The monoisotopic (exact) mass is 374 g/mol. The van der Waals surface area contributed by atoms with E-state index in [9.17, 15) is 4.79 Å². The largest absolute Gasteiger partial charge is 0.496 e. The van der Waals surface area contributed by atoms with Gasteiger partial charge >= 0.3 is 0 Å². The summed E-state index contributed by atoms with van der Waals surface area (Å²) < 4.78 is 10.6. The van der Waals surface area contributed by atoms with Crippen molar-refractivity contribution in [1.29, 1.82) is 0 Å². The van der Waals surface area contributed by atoms with Gasteiger partial charge in [-0.1, -0.05) is 17.7 Å². The van der Waals surface area contributed by atoms with Crippen molar-refractivity contribution in [2.45, 2.75) is 6.42 Å². The molecule has 3 rings (SSSR count). The second-order valence-electron chi connectivity index (χ2n) is 6.32. The fourth-order valence-electron chi connectivity index (χ4n) is 3.29. The molecule has 26 heavy (non-hydrogen) atoms. The van der Waals surface area contributed by atoms with E-state index in [1.165, 1.54) is 0 Å². The van der Waals surface area contributed by atoms with Crippen molar-refractivity contribution >= 4 is 23.2 Å². The van der Waals surface area contributed by atoms with Gasteiger partial charge in [0.2, 0.25) is 0 Å². The Hall–Kier alpha value is -2.40. The molecule has 0 aromatic heterocycles. The molecule has 1 unspecified atom stereocenters. The number of hydrogen-bond donors (Lipinski definition) is 1. The summed E-state index contributed by atoms with van der Waals surface area (Å²) >= 11 is 5.95. The van der Waals surface area contributed by atoms with Gasteiger partial charge in [0.05, 0.1) is 14.2 Å². The highest BCUT2D eigenvalue weighted by Crippen LogP contribution is 2.29. The highest BCUT2D eigenvalue weighted by atomic mass is 35.5. The van der Waals surface area contributed by atoms with Crippen LogP contribution in [0, 0.1) is 5.92 Å². The third-order valence-corrected chi connectivity index (χ3v) is 4.94. The summed E-state index contributed by atoms with van der Waals surface area (Å²) in [5.74, 6) is 1.24. The minimum atomic E-state index is -0.177. The molecule has 1 fully saturated rings. The number of nitrogens with zero attached hydrogens (tertiary/aromatic N) is 1. The summed E-state index contributed by atoms with van der Waals surface area (Å²) in [5.41, 5.74) is 1.60. The van der Waals surface area contributed by atoms with Gasteiger partial charge in [0, 0.05) is 30.3 Å². The molecule has 1 heterocycles. The number of halogens is 1. The van der Waals surface area contributed by atoms with Crippen LogP contribution in [0.15, 0.2) is 42.5 Å². The molecule has 138 valence electrons. The fourth-order valence-corrected chi connectivity index (χ4v) is 3.41. The Morgan fingerprint density at radius 1 is 1.15 bits per heavy atom. The minimum Gasteiger partial charge on any atom is -0.496 e. The maximum Gasteiger partial charge on any atom is 0.258 e. The first-order valence-electron chi connectivity index (χ1n) is 8.62. The number of hydrogen-bond acceptors (Lipinski definition) is 4. The number of carbonyl (C=O) groups is 1. The van der Waals surface area contributed by atoms with E-state index in [2.05, 4.69) is 10.2 Å². The zero-order chi connectivity index (χ0) is 18.5. The summed E-state index contributed by atoms with van der Waals surface area (Å²) in [4.78, 5) is 15.0. The maximum atomic E-state index is 12.7. The van der Waals surface area contributed by atoms with Crippen LogP contribution in [-0.4, -0.2) is 39.8 Å². The first-order valence-corrected chi connectivity index (χ1v) is 9.00. The number of nitrogens with one attached hydrogen (secondary N) is 1. The molecule has 1 aliphatic heterocycles. The molecule has 2 aromatic carbocycles. The number of amides is 1. The normalized spacial score (nSPS) is 16.4. The van der Waals surface area contributed by atoms with Crippen molar-refractivity contribution < 1.29 is 14.3 Å². The SMILES string of the molecule is COc1cccc(OC)c1C(=O)NCC1CCN(c2ccc(Cl)cc2)C1. The third kappa shape index (κ3) is 4.05. The summed E-state index contributed by atoms with van der Waals surface area (Å²) in [6.07, 6.45) is 1.03. The highest BCUT2D eigenvalue weighted by Gasteiger charge is 2.24. The third-order valence-electron chi connectivity index (χ3n) is 4.68. The van der Waals surface area contributed by atoms with Crippen LogP contribution in [0.4, 0.5) is 5.69 Å². The van der Waals surface area contributed by atoms with Crippen molar-refractivity contribution in [2.24, 2.45) is 5.92 Å². The van der Waals surface area contributed by atoms with Crippen molar-refractivity contribution in [3.05, 3.63) is 53.1 Å². The lowest BCUT2D eigenvalue weighted by molar-refractivity contribution is 0.0942. The van der Waals surface area contributed by atoms with Gasteiger partial charge in [-0.2, -0.15) is 0 Å². The van der Waals surface area contributed by atoms with Crippen LogP contribution in [-0.2, 0) is 0 Å². The Kier molecular flexibility index (Phi) is 5.89. The van der Waals surface area contributed by atoms with Crippen LogP contribution < -0.4 is 19.7 Å². The van der Waals surface area contributed by atoms with Gasteiger partial charge in [0.15, 0.2) is 0 Å². The average molecular weight is 375 g/mol. The quantitative estimate of drug-likeness (QED) is 0.839. The lowest BCUT2D eigenvalue weighted by Gasteiger charge is -2.19. The second kappa shape index (κ2) is 8.32. The number of anilines is 1. The summed E-state index contributed by atoms with van der Waals surface area (Å²) in [6, 6.07) is 13.2. The Morgan fingerprint density at radius 3 is 2.42 bits per heavy atom. The molecule has 0 aliphatic carbocycles. The Labute approximate surface area is 158 Å². The first kappa shape index (κ1) is 18.4. The minimum absolute atomic E-state index is 0.177. The molecule has 1 N–H and O–H groups in total. The Morgan fingerprint density at radius 2 is 1.81 bits per heavy atom. The van der Waals surface area contributed by atoms with E-state index in [-0.39, 0.29) is 5.91 Å². The predicted octanol–water partition coefficient (Wildman–Crippen LogP) is 3.61. The second-order valence-corrected chi connectivity index (χ2v) is 6.76. The van der Waals surface area contributed by atoms with Crippen molar-refractivity contribution in [3.8, 4) is 11.5 Å². The van der Waals surface area contributed by atoms with Gasteiger partial charge in [-0.15, -0.1) is 0 Å². The van der Waals surface area contributed by atoms with Crippen molar-refractivity contribution in [3.63, 3.8) is 0 Å². The van der Waals surface area contributed by atoms with Gasteiger partial charge in [0.1, 0.15) is 17.1 Å². The molecular formula is C20H23ClN2O3. The molecule has 2 aromatic rings. The molecule has 0 bridgehead atoms. The van der Waals surface area contributed by atoms with Crippen LogP contribution in [0.3, 0.4) is 0 Å². The molecule has 6 heteroatoms. The van der Waals surface area contributed by atoms with E-state index in [0.717, 1.165) is 30.2 Å². The number of rotatable bonds is 6. The molecule has 1 aliphatic rings. The lowest BCUT2D eigenvalue weighted by atomic mass is 10.1. The van der Waals surface area contributed by atoms with Crippen LogP contribution in [0.25, 0.3) is 0 Å². The van der Waals surface area contributed by atoms with Crippen LogP contribution in [0.2, 0.25) is 5.02 Å². The number of carbonyl (C=O) groups excluding carboxylic acids is 1. The molecule has 0 spiro atoms. The molecule has 0 saturated carbocycles. The van der Waals surface area contributed by atoms with E-state index in [0.29, 0.717) is 29.5 Å². The van der Waals surface area contributed by atoms with E-state index in [1.54, 1.807) is 32.4 Å². The maximum absolute atomic E-state index is 12.7. The van der Waals surface area contributed by atoms with Crippen molar-refractivity contribution in [1.82, 2.24) is 5.32 Å². The Balaban J connectivity index is 1.60. The topological polar surface area (TPSA) is 50.8 Å². The van der Waals surface area contributed by atoms with E-state index < -0.39 is 0 Å². The van der Waals surface area contributed by atoms with Gasteiger partial charge in [-0.3, -0.25) is 4.79 Å². The standard InChI is InChI=1S/C20H23ClN2O3/c1-25-17-4-3-5-18(26-2)19(17)20(24)22-12-14-10-11-23(13-14)16-8-6-15(21)7-9-16/h3-9,14H,10-13H2,1-2H3,(H,22,24). The first-order chi connectivity index (χ1) is 12.6. The summed E-state index contributed by atoms with van der Waals surface area (Å²) in [7, 11) is 3.10. The molecule has 1 atom stereocenters. The van der Waals surface area contributed by atoms with Crippen LogP contribution in [0.1, 0.15) is 16.8 Å². The Bertz CT molecular complexity index is 742. The lowest BCUT2D eigenvalue weighted by Crippen LogP contribution is -2.31. The predicted molar refractivity (Wildman–Crippen MR) is 104 cm³/mol. The molecule has 1 saturated heterocycles. The van der Waals surface area contributed by atoms with Gasteiger partial charge in [-0.05, 0) is 48.7 Å². The van der Waals surface area contributed by atoms with Gasteiger partial charge in [-0.25, -0.2) is 0 Å². The number of methoxy groups -OCH3 is 2. The number of benzene rings is 2. The van der Waals surface area contributed by atoms with E-state index in [1.807, 2.05) is 24.3 Å². The smallest absolute Gasteiger partial charge is 0.258 e. The molecule has 0 radical (unpaired) electrons. The van der Waals surface area contributed by atoms with Crippen LogP contribution in [0.5, 0.6) is 11.5 Å². The van der Waals surface area contributed by atoms with Crippen molar-refractivity contribution in [2.75, 3.05) is 38.8 Å². The average Bonchev–Trinajstić information content (AvgIpc) is 3.15. The van der Waals surface area contributed by atoms with Crippen LogP contribution >= 0.6 is 11.6 Å². The van der Waals surface area contributed by atoms with E-state index in [4.69, 9.17) is 21.1 Å². The molecule has 1 amide bonds. The summed E-state index contributed by atoms with van der Waals surface area (Å²) in [6.45, 7) is 2.50. The molecular weight excluding hydrogens is 352 g/mol. The zero-order valence-corrected chi connectivity index (χ0v) is 15.8. The molecule has 5 nitrogen and oxygen atoms in total. The van der Waals surface area contributed by atoms with E-state index >= 15 is 0 Å².